The van der Waals surface area contributed by atoms with Crippen molar-refractivity contribution in [2.45, 2.75) is 38.8 Å². The second-order valence-corrected chi connectivity index (χ2v) is 7.00. The lowest BCUT2D eigenvalue weighted by Gasteiger charge is -2.22. The number of phenolic OH excluding ortho intramolecular Hbond substituents is 1. The normalized spacial score (nSPS) is 12.4. The highest BCUT2D eigenvalue weighted by molar-refractivity contribution is 14.1. The van der Waals surface area contributed by atoms with Crippen molar-refractivity contribution < 1.29 is 28.6 Å². The SMILES string of the molecule is COC(=O)[C@H](Cc1cc(F)c(O)c(I)c1)NC(=O)OC(C)(C)C. The number of phenols is 1. The molecular weight excluding hydrogens is 420 g/mol. The van der Waals surface area contributed by atoms with Gasteiger partial charge in [-0.25, -0.2) is 14.0 Å². The van der Waals surface area contributed by atoms with Gasteiger partial charge in [0, 0.05) is 6.42 Å². The zero-order chi connectivity index (χ0) is 17.8. The van der Waals surface area contributed by atoms with Crippen LogP contribution in [0.5, 0.6) is 5.75 Å². The fourth-order valence-electron chi connectivity index (χ4n) is 1.76. The molecular formula is C15H19FINO5. The zero-order valence-electron chi connectivity index (χ0n) is 13.3. The number of rotatable bonds is 4. The van der Waals surface area contributed by atoms with Crippen molar-refractivity contribution in [1.29, 1.82) is 0 Å². The molecule has 0 saturated heterocycles. The molecule has 0 unspecified atom stereocenters. The standard InChI is InChI=1S/C15H19FINO5/c1-15(2,3)23-14(21)18-11(13(20)22-4)7-8-5-9(16)12(19)10(17)6-8/h5-6,11,19H,7H2,1-4H3,(H,18,21)/t11-/m0/s1. The quantitative estimate of drug-likeness (QED) is 0.557. The first-order valence-electron chi connectivity index (χ1n) is 6.77. The van der Waals surface area contributed by atoms with Gasteiger partial charge in [0.2, 0.25) is 0 Å². The number of ether oxygens (including phenoxy) is 2. The number of alkyl carbamates (subject to hydrolysis) is 1. The number of aromatic hydroxyl groups is 1. The molecule has 0 spiro atoms. The van der Waals surface area contributed by atoms with Crippen molar-refractivity contribution in [2.24, 2.45) is 0 Å². The van der Waals surface area contributed by atoms with Crippen LogP contribution in [0.15, 0.2) is 12.1 Å². The summed E-state index contributed by atoms with van der Waals surface area (Å²) in [5.41, 5.74) is -0.290. The van der Waals surface area contributed by atoms with E-state index in [1.165, 1.54) is 13.2 Å². The first kappa shape index (κ1) is 19.5. The maximum absolute atomic E-state index is 13.6. The molecule has 0 bridgehead atoms. The number of hydrogen-bond donors (Lipinski definition) is 2. The molecule has 0 aliphatic heterocycles. The summed E-state index contributed by atoms with van der Waals surface area (Å²) in [6.07, 6.45) is -0.777. The van der Waals surface area contributed by atoms with Crippen LogP contribution in [0.25, 0.3) is 0 Å². The van der Waals surface area contributed by atoms with E-state index in [1.807, 2.05) is 0 Å². The Hall–Kier alpha value is -1.58. The van der Waals surface area contributed by atoms with E-state index in [0.29, 0.717) is 9.13 Å². The molecule has 6 nitrogen and oxygen atoms in total. The Morgan fingerprint density at radius 3 is 2.48 bits per heavy atom. The third-order valence-electron chi connectivity index (χ3n) is 2.69. The Bertz CT molecular complexity index is 577. The van der Waals surface area contributed by atoms with E-state index in [1.54, 1.807) is 43.4 Å². The molecule has 0 aliphatic carbocycles. The largest absolute Gasteiger partial charge is 0.504 e. The summed E-state index contributed by atoms with van der Waals surface area (Å²) in [4.78, 5) is 23.6. The van der Waals surface area contributed by atoms with Gasteiger partial charge in [-0.05, 0) is 61.1 Å². The van der Waals surface area contributed by atoms with Crippen molar-refractivity contribution in [3.05, 3.63) is 27.1 Å². The van der Waals surface area contributed by atoms with E-state index < -0.39 is 35.3 Å². The van der Waals surface area contributed by atoms with Crippen LogP contribution in [-0.4, -0.2) is 35.9 Å². The Morgan fingerprint density at radius 1 is 1.39 bits per heavy atom. The first-order valence-corrected chi connectivity index (χ1v) is 7.85. The first-order chi connectivity index (χ1) is 10.5. The van der Waals surface area contributed by atoms with Crippen LogP contribution >= 0.6 is 22.6 Å². The molecule has 2 N–H and O–H groups in total. The highest BCUT2D eigenvalue weighted by Gasteiger charge is 2.26. The van der Waals surface area contributed by atoms with Crippen molar-refractivity contribution in [2.75, 3.05) is 7.11 Å². The van der Waals surface area contributed by atoms with Crippen LogP contribution in [-0.2, 0) is 20.7 Å². The van der Waals surface area contributed by atoms with Gasteiger partial charge in [0.05, 0.1) is 10.7 Å². The molecule has 0 aliphatic rings. The molecule has 23 heavy (non-hydrogen) atoms. The Kier molecular flexibility index (Phi) is 6.60. The zero-order valence-corrected chi connectivity index (χ0v) is 15.4. The number of methoxy groups -OCH3 is 1. The highest BCUT2D eigenvalue weighted by Crippen LogP contribution is 2.25. The molecule has 1 atom stereocenters. The van der Waals surface area contributed by atoms with Crippen molar-refractivity contribution >= 4 is 34.7 Å². The maximum Gasteiger partial charge on any atom is 0.408 e. The lowest BCUT2D eigenvalue weighted by molar-refractivity contribution is -0.143. The number of esters is 1. The van der Waals surface area contributed by atoms with E-state index in [0.717, 1.165) is 6.07 Å². The molecule has 0 aromatic heterocycles. The average Bonchev–Trinajstić information content (AvgIpc) is 2.41. The van der Waals surface area contributed by atoms with Crippen LogP contribution in [0, 0.1) is 9.39 Å². The van der Waals surface area contributed by atoms with Gasteiger partial charge in [0.1, 0.15) is 11.6 Å². The minimum atomic E-state index is -1.03. The lowest BCUT2D eigenvalue weighted by atomic mass is 10.1. The van der Waals surface area contributed by atoms with Crippen LogP contribution < -0.4 is 5.32 Å². The number of carbonyl (C=O) groups is 2. The summed E-state index contributed by atoms with van der Waals surface area (Å²) in [6, 6.07) is 1.59. The van der Waals surface area contributed by atoms with Gasteiger partial charge in [0.15, 0.2) is 11.6 Å². The van der Waals surface area contributed by atoms with Gasteiger partial charge in [0.25, 0.3) is 0 Å². The Labute approximate surface area is 147 Å². The highest BCUT2D eigenvalue weighted by atomic mass is 127. The topological polar surface area (TPSA) is 84.9 Å². The van der Waals surface area contributed by atoms with Crippen LogP contribution in [0.1, 0.15) is 26.3 Å². The second-order valence-electron chi connectivity index (χ2n) is 5.83. The molecule has 1 aromatic carbocycles. The Balaban J connectivity index is 2.92. The molecule has 0 saturated carbocycles. The smallest absolute Gasteiger partial charge is 0.408 e. The van der Waals surface area contributed by atoms with E-state index in [-0.39, 0.29) is 6.42 Å². The van der Waals surface area contributed by atoms with Gasteiger partial charge < -0.3 is 19.9 Å². The minimum Gasteiger partial charge on any atom is -0.504 e. The molecule has 1 aromatic rings. The summed E-state index contributed by atoms with van der Waals surface area (Å²) in [6.45, 7) is 5.08. The predicted octanol–water partition coefficient (Wildman–Crippen LogP) is 2.74. The van der Waals surface area contributed by atoms with Gasteiger partial charge in [-0.3, -0.25) is 0 Å². The number of hydrogen-bond acceptors (Lipinski definition) is 5. The van der Waals surface area contributed by atoms with Crippen LogP contribution in [0.2, 0.25) is 0 Å². The molecule has 0 radical (unpaired) electrons. The van der Waals surface area contributed by atoms with Gasteiger partial charge in [-0.15, -0.1) is 0 Å². The van der Waals surface area contributed by atoms with Crippen molar-refractivity contribution in [3.8, 4) is 5.75 Å². The molecule has 1 amide bonds. The monoisotopic (exact) mass is 439 g/mol. The number of amides is 1. The fraction of sp³-hybridized carbons (Fsp3) is 0.467. The lowest BCUT2D eigenvalue weighted by Crippen LogP contribution is -2.45. The molecule has 8 heteroatoms. The van der Waals surface area contributed by atoms with Crippen LogP contribution in [0.4, 0.5) is 9.18 Å². The van der Waals surface area contributed by atoms with Gasteiger partial charge >= 0.3 is 12.1 Å². The Morgan fingerprint density at radius 2 is 2.00 bits per heavy atom. The third-order valence-corrected chi connectivity index (χ3v) is 3.52. The number of halogens is 2. The minimum absolute atomic E-state index is 0.000875. The second kappa shape index (κ2) is 7.80. The van der Waals surface area contributed by atoms with E-state index >= 15 is 0 Å². The third kappa shape index (κ3) is 6.20. The van der Waals surface area contributed by atoms with E-state index in [4.69, 9.17) is 4.74 Å². The number of benzene rings is 1. The number of nitrogens with one attached hydrogen (secondary N) is 1. The van der Waals surface area contributed by atoms with Crippen LogP contribution in [0.3, 0.4) is 0 Å². The summed E-state index contributed by atoms with van der Waals surface area (Å²) >= 11 is 1.77. The fourth-order valence-corrected chi connectivity index (χ4v) is 2.41. The van der Waals surface area contributed by atoms with E-state index in [9.17, 15) is 19.1 Å². The maximum atomic E-state index is 13.6. The van der Waals surface area contributed by atoms with Crippen molar-refractivity contribution in [3.63, 3.8) is 0 Å². The number of carbonyl (C=O) groups excluding carboxylic acids is 2. The van der Waals surface area contributed by atoms with Crippen molar-refractivity contribution in [1.82, 2.24) is 5.32 Å². The van der Waals surface area contributed by atoms with E-state index in [2.05, 4.69) is 10.1 Å². The summed E-state index contributed by atoms with van der Waals surface area (Å²) in [5.74, 6) is -1.93. The average molecular weight is 439 g/mol. The molecule has 128 valence electrons. The summed E-state index contributed by atoms with van der Waals surface area (Å²) in [7, 11) is 1.19. The summed E-state index contributed by atoms with van der Waals surface area (Å²) < 4.78 is 23.6. The molecule has 0 heterocycles. The predicted molar refractivity (Wildman–Crippen MR) is 89.7 cm³/mol. The van der Waals surface area contributed by atoms with Gasteiger partial charge in [-0.2, -0.15) is 0 Å². The summed E-state index contributed by atoms with van der Waals surface area (Å²) in [5, 5.41) is 11.8. The van der Waals surface area contributed by atoms with Gasteiger partial charge in [-0.1, -0.05) is 0 Å². The molecule has 0 fully saturated rings. The molecule has 1 rings (SSSR count).